The minimum Gasteiger partial charge on any atom is -0.211 e. The van der Waals surface area contributed by atoms with E-state index in [1.807, 2.05) is 6.92 Å². The lowest BCUT2D eigenvalue weighted by Gasteiger charge is -2.38. The van der Waals surface area contributed by atoms with Crippen LogP contribution in [-0.2, 0) is 10.3 Å². The van der Waals surface area contributed by atoms with Crippen molar-refractivity contribution in [1.29, 1.82) is 0 Å². The maximum atomic E-state index is 13.0. The van der Waals surface area contributed by atoms with Gasteiger partial charge in [-0.05, 0) is 31.7 Å². The highest BCUT2D eigenvalue weighted by Gasteiger charge is 2.41. The van der Waals surface area contributed by atoms with Crippen LogP contribution in [0.1, 0.15) is 42.4 Å². The van der Waals surface area contributed by atoms with Gasteiger partial charge in [0.05, 0.1) is 5.54 Å². The number of halogens is 2. The number of rotatable bonds is 3. The number of alkyl halides is 2. The third-order valence-corrected chi connectivity index (χ3v) is 3.39. The molecule has 0 aliphatic heterocycles. The van der Waals surface area contributed by atoms with E-state index < -0.39 is 12.0 Å². The molecule has 1 aromatic rings. The molecule has 2 rings (SSSR count). The molecule has 1 saturated carbocycles. The van der Waals surface area contributed by atoms with Crippen LogP contribution in [0.25, 0.3) is 0 Å². The largest absolute Gasteiger partial charge is 0.264 e. The van der Waals surface area contributed by atoms with E-state index in [-0.39, 0.29) is 5.56 Å². The zero-order valence-electron chi connectivity index (χ0n) is 9.54. The number of isocyanates is 1. The summed E-state index contributed by atoms with van der Waals surface area (Å²) in [6.45, 7) is 1.84. The SMILES string of the molecule is Cc1ccc(C(F)F)c(C2(N=C=O)CCC2)c1. The summed E-state index contributed by atoms with van der Waals surface area (Å²) in [4.78, 5) is 14.3. The molecule has 1 aromatic carbocycles. The lowest BCUT2D eigenvalue weighted by Crippen LogP contribution is -2.33. The number of aryl methyl sites for hydroxylation is 1. The molecule has 90 valence electrons. The number of aliphatic imine (C=N–C) groups is 1. The molecule has 1 aliphatic carbocycles. The first-order chi connectivity index (χ1) is 8.09. The molecule has 0 bridgehead atoms. The van der Waals surface area contributed by atoms with Crippen LogP contribution in [0.4, 0.5) is 8.78 Å². The van der Waals surface area contributed by atoms with Gasteiger partial charge in [0.25, 0.3) is 6.43 Å². The standard InChI is InChI=1S/C13H13F2NO/c1-9-3-4-10(12(14)15)11(7-9)13(16-8-17)5-2-6-13/h3-4,7,12H,2,5-6H2,1H3. The van der Waals surface area contributed by atoms with Crippen molar-refractivity contribution >= 4 is 6.08 Å². The second-order valence-corrected chi connectivity index (χ2v) is 4.48. The first kappa shape index (κ1) is 11.9. The van der Waals surface area contributed by atoms with Gasteiger partial charge in [0.2, 0.25) is 6.08 Å². The Labute approximate surface area is 98.4 Å². The lowest BCUT2D eigenvalue weighted by atomic mass is 9.70. The molecule has 0 N–H and O–H groups in total. The summed E-state index contributed by atoms with van der Waals surface area (Å²) in [5.41, 5.74) is 0.618. The average molecular weight is 237 g/mol. The molecule has 4 heteroatoms. The van der Waals surface area contributed by atoms with Gasteiger partial charge in [-0.1, -0.05) is 23.8 Å². The van der Waals surface area contributed by atoms with Crippen molar-refractivity contribution in [2.24, 2.45) is 4.99 Å². The zero-order valence-corrected chi connectivity index (χ0v) is 9.54. The fraction of sp³-hybridized carbons (Fsp3) is 0.462. The Hall–Kier alpha value is -1.54. The third-order valence-electron chi connectivity index (χ3n) is 3.39. The Morgan fingerprint density at radius 2 is 2.12 bits per heavy atom. The van der Waals surface area contributed by atoms with Gasteiger partial charge in [-0.15, -0.1) is 0 Å². The maximum Gasteiger partial charge on any atom is 0.264 e. The van der Waals surface area contributed by atoms with Crippen molar-refractivity contribution in [1.82, 2.24) is 0 Å². The van der Waals surface area contributed by atoms with E-state index in [0.29, 0.717) is 18.4 Å². The van der Waals surface area contributed by atoms with E-state index in [1.165, 1.54) is 12.1 Å². The first-order valence-corrected chi connectivity index (χ1v) is 5.57. The van der Waals surface area contributed by atoms with Crippen molar-refractivity contribution in [3.05, 3.63) is 34.9 Å². The minimum atomic E-state index is -2.54. The van der Waals surface area contributed by atoms with Crippen LogP contribution >= 0.6 is 0 Å². The molecule has 0 radical (unpaired) electrons. The Morgan fingerprint density at radius 3 is 2.59 bits per heavy atom. The molecular formula is C13H13F2NO. The van der Waals surface area contributed by atoms with Crippen molar-refractivity contribution in [2.45, 2.75) is 38.2 Å². The average Bonchev–Trinajstić information content (AvgIpc) is 2.22. The van der Waals surface area contributed by atoms with E-state index in [1.54, 1.807) is 12.1 Å². The van der Waals surface area contributed by atoms with Crippen LogP contribution in [0.3, 0.4) is 0 Å². The normalized spacial score (nSPS) is 17.4. The molecule has 0 atom stereocenters. The summed E-state index contributed by atoms with van der Waals surface area (Å²) < 4.78 is 25.9. The van der Waals surface area contributed by atoms with Gasteiger partial charge in [-0.2, -0.15) is 4.99 Å². The molecular weight excluding hydrogens is 224 g/mol. The predicted molar refractivity (Wildman–Crippen MR) is 59.8 cm³/mol. The molecule has 0 heterocycles. The van der Waals surface area contributed by atoms with E-state index in [4.69, 9.17) is 0 Å². The topological polar surface area (TPSA) is 29.4 Å². The molecule has 1 aliphatic rings. The smallest absolute Gasteiger partial charge is 0.211 e. The van der Waals surface area contributed by atoms with E-state index in [9.17, 15) is 13.6 Å². The lowest BCUT2D eigenvalue weighted by molar-refractivity contribution is 0.144. The Bertz CT molecular complexity index is 474. The van der Waals surface area contributed by atoms with Gasteiger partial charge in [0.1, 0.15) is 0 Å². The molecule has 0 unspecified atom stereocenters. The van der Waals surface area contributed by atoms with Crippen LogP contribution < -0.4 is 0 Å². The zero-order chi connectivity index (χ0) is 12.5. The Kier molecular flexibility index (Phi) is 3.07. The molecule has 0 amide bonds. The van der Waals surface area contributed by atoms with Gasteiger partial charge >= 0.3 is 0 Å². The highest BCUT2D eigenvalue weighted by Crippen LogP contribution is 2.47. The maximum absolute atomic E-state index is 13.0. The van der Waals surface area contributed by atoms with Gasteiger partial charge < -0.3 is 0 Å². The number of hydrogen-bond acceptors (Lipinski definition) is 2. The van der Waals surface area contributed by atoms with Crippen molar-refractivity contribution in [2.75, 3.05) is 0 Å². The number of carbonyl (C=O) groups excluding carboxylic acids is 1. The van der Waals surface area contributed by atoms with Gasteiger partial charge in [-0.25, -0.2) is 13.6 Å². The summed E-state index contributed by atoms with van der Waals surface area (Å²) in [5.74, 6) is 0. The highest BCUT2D eigenvalue weighted by molar-refractivity contribution is 5.44. The van der Waals surface area contributed by atoms with Crippen LogP contribution in [0.5, 0.6) is 0 Å². The Balaban J connectivity index is 2.56. The molecule has 0 aromatic heterocycles. The fourth-order valence-corrected chi connectivity index (χ4v) is 2.30. The summed E-state index contributed by atoms with van der Waals surface area (Å²) in [6.07, 6.45) is 1.18. The van der Waals surface area contributed by atoms with Crippen molar-refractivity contribution in [3.63, 3.8) is 0 Å². The van der Waals surface area contributed by atoms with Gasteiger partial charge in [0.15, 0.2) is 0 Å². The fourth-order valence-electron chi connectivity index (χ4n) is 2.30. The summed E-state index contributed by atoms with van der Waals surface area (Å²) in [7, 11) is 0. The first-order valence-electron chi connectivity index (χ1n) is 5.57. The molecule has 0 spiro atoms. The second-order valence-electron chi connectivity index (χ2n) is 4.48. The summed E-state index contributed by atoms with van der Waals surface area (Å²) in [5, 5.41) is 0. The van der Waals surface area contributed by atoms with Gasteiger partial charge in [-0.3, -0.25) is 0 Å². The van der Waals surface area contributed by atoms with Crippen LogP contribution in [0.2, 0.25) is 0 Å². The number of benzene rings is 1. The third kappa shape index (κ3) is 2.01. The van der Waals surface area contributed by atoms with Crippen LogP contribution in [-0.4, -0.2) is 6.08 Å². The van der Waals surface area contributed by atoms with E-state index in [2.05, 4.69) is 4.99 Å². The van der Waals surface area contributed by atoms with Gasteiger partial charge in [0, 0.05) is 5.56 Å². The summed E-state index contributed by atoms with van der Waals surface area (Å²) >= 11 is 0. The van der Waals surface area contributed by atoms with E-state index >= 15 is 0 Å². The monoisotopic (exact) mass is 237 g/mol. The molecule has 0 saturated heterocycles. The number of hydrogen-bond donors (Lipinski definition) is 0. The highest BCUT2D eigenvalue weighted by atomic mass is 19.3. The quantitative estimate of drug-likeness (QED) is 0.582. The van der Waals surface area contributed by atoms with E-state index in [0.717, 1.165) is 12.0 Å². The molecule has 2 nitrogen and oxygen atoms in total. The molecule has 17 heavy (non-hydrogen) atoms. The predicted octanol–water partition coefficient (Wildman–Crippen LogP) is 3.65. The van der Waals surface area contributed by atoms with Crippen molar-refractivity contribution < 1.29 is 13.6 Å². The Morgan fingerprint density at radius 1 is 1.41 bits per heavy atom. The van der Waals surface area contributed by atoms with Crippen LogP contribution in [0.15, 0.2) is 23.2 Å². The van der Waals surface area contributed by atoms with Crippen molar-refractivity contribution in [3.8, 4) is 0 Å². The molecule has 1 fully saturated rings. The number of nitrogens with zero attached hydrogens (tertiary/aromatic N) is 1. The van der Waals surface area contributed by atoms with Crippen LogP contribution in [0, 0.1) is 6.92 Å². The second kappa shape index (κ2) is 4.38. The summed E-state index contributed by atoms with van der Waals surface area (Å²) in [6, 6.07) is 4.79. The minimum absolute atomic E-state index is 0.0192.